The van der Waals surface area contributed by atoms with Crippen LogP contribution in [0.4, 0.5) is 0 Å². The van der Waals surface area contributed by atoms with E-state index in [1.807, 2.05) is 0 Å². The van der Waals surface area contributed by atoms with Gasteiger partial charge in [-0.25, -0.2) is 0 Å². The van der Waals surface area contributed by atoms with Crippen LogP contribution >= 0.6 is 0 Å². The van der Waals surface area contributed by atoms with E-state index in [-0.39, 0.29) is 50.7 Å². The van der Waals surface area contributed by atoms with E-state index in [1.165, 1.54) is 0 Å². The first-order chi connectivity index (χ1) is 1.00. The molecular weight excluding hydrogens is 144 g/mol. The molecule has 5 heteroatoms. The third-order valence-corrected chi connectivity index (χ3v) is 0. The zero-order chi connectivity index (χ0) is 2.00. The maximum absolute atomic E-state index is 8.38. The summed E-state index contributed by atoms with van der Waals surface area (Å²) in [6, 6.07) is 0. The molecule has 24 valence electrons. The molecule has 0 unspecified atom stereocenters. The van der Waals surface area contributed by atoms with Crippen molar-refractivity contribution >= 4 is 23.1 Å². The quantitative estimate of drug-likeness (QED) is 0.309. The van der Waals surface area contributed by atoms with Crippen LogP contribution in [0.15, 0.2) is 0 Å². The average Bonchev–Trinajstić information content (AvgIpc) is 1.00. The third kappa shape index (κ3) is 42.6. The molecular formula is F2MgOZn. The monoisotopic (exact) mass is 142 g/mol. The summed E-state index contributed by atoms with van der Waals surface area (Å²) in [5.41, 5.74) is 0. The van der Waals surface area contributed by atoms with Gasteiger partial charge < -0.3 is 9.41 Å². The van der Waals surface area contributed by atoms with Crippen molar-refractivity contribution < 1.29 is 31.2 Å². The van der Waals surface area contributed by atoms with Crippen molar-refractivity contribution in [3.63, 3.8) is 0 Å². The predicted octanol–water partition coefficient (Wildman–Crippen LogP) is -6.49. The third-order valence-electron chi connectivity index (χ3n) is 0. The van der Waals surface area contributed by atoms with Crippen molar-refractivity contribution in [2.75, 3.05) is 0 Å². The van der Waals surface area contributed by atoms with E-state index in [0.29, 0.717) is 0 Å². The fourth-order valence-corrected chi connectivity index (χ4v) is 0. The van der Waals surface area contributed by atoms with Crippen LogP contribution < -0.4 is 9.41 Å². The maximum atomic E-state index is 8.38. The summed E-state index contributed by atoms with van der Waals surface area (Å²) >= 11 is 0.125. The standard InChI is InChI=1S/2FH.Mg.O.Zn/h2*1H;;;/q;;+2;;/p-2. The van der Waals surface area contributed by atoms with E-state index in [2.05, 4.69) is 0 Å². The molecule has 1 nitrogen and oxygen atoms in total. The molecule has 0 radical (unpaired) electrons. The summed E-state index contributed by atoms with van der Waals surface area (Å²) in [7, 11) is 0. The topological polar surface area (TPSA) is 17.1 Å². The molecule has 0 aromatic carbocycles. The minimum absolute atomic E-state index is 0. The fraction of sp³-hybridized carbons (Fsp3) is 0. The molecule has 5 heavy (non-hydrogen) atoms. The van der Waals surface area contributed by atoms with Crippen LogP contribution in [0.1, 0.15) is 0 Å². The first-order valence-corrected chi connectivity index (χ1v) is 1.50. The SMILES string of the molecule is [F-].[F-].[Mg+2].[O]=[Zn]. The Morgan fingerprint density at radius 1 is 1.00 bits per heavy atom. The Morgan fingerprint density at radius 2 is 1.00 bits per heavy atom. The molecule has 0 bridgehead atoms. The van der Waals surface area contributed by atoms with Crippen molar-refractivity contribution in [3.05, 3.63) is 0 Å². The van der Waals surface area contributed by atoms with Gasteiger partial charge >= 0.3 is 44.9 Å². The van der Waals surface area contributed by atoms with Crippen molar-refractivity contribution in [2.24, 2.45) is 0 Å². The van der Waals surface area contributed by atoms with Gasteiger partial charge in [0.25, 0.3) is 0 Å². The molecule has 0 atom stereocenters. The summed E-state index contributed by atoms with van der Waals surface area (Å²) in [6.07, 6.45) is 0. The van der Waals surface area contributed by atoms with Crippen LogP contribution in [0.2, 0.25) is 0 Å². The van der Waals surface area contributed by atoms with E-state index in [9.17, 15) is 0 Å². The Bertz CT molecular complexity index is 9.61. The summed E-state index contributed by atoms with van der Waals surface area (Å²) in [5.74, 6) is 0. The molecule has 0 aromatic heterocycles. The van der Waals surface area contributed by atoms with E-state index in [1.54, 1.807) is 0 Å². The first-order valence-electron chi connectivity index (χ1n) is 0.289. The van der Waals surface area contributed by atoms with E-state index < -0.39 is 0 Å². The van der Waals surface area contributed by atoms with Gasteiger partial charge in [0, 0.05) is 0 Å². The molecule has 0 rings (SSSR count). The zero-order valence-electron chi connectivity index (χ0n) is 2.58. The molecule has 0 amide bonds. The van der Waals surface area contributed by atoms with Crippen LogP contribution in [0.5, 0.6) is 0 Å². The average molecular weight is 144 g/mol. The molecule has 0 fully saturated rings. The molecule has 0 heterocycles. The van der Waals surface area contributed by atoms with Gasteiger partial charge in [-0.05, 0) is 0 Å². The first kappa shape index (κ1) is 36.7. The van der Waals surface area contributed by atoms with Crippen molar-refractivity contribution in [2.45, 2.75) is 0 Å². The predicted molar refractivity (Wildman–Crippen MR) is 6.44 cm³/mol. The van der Waals surface area contributed by atoms with Gasteiger partial charge in [-0.15, -0.1) is 0 Å². The van der Waals surface area contributed by atoms with E-state index >= 15 is 0 Å². The van der Waals surface area contributed by atoms with E-state index in [4.69, 9.17) is 3.57 Å². The van der Waals surface area contributed by atoms with Crippen LogP contribution in [0.3, 0.4) is 0 Å². The van der Waals surface area contributed by atoms with Gasteiger partial charge in [0.15, 0.2) is 0 Å². The second-order valence-electron chi connectivity index (χ2n) is 0. The molecule has 0 aliphatic rings. The Labute approximate surface area is 54.3 Å². The summed E-state index contributed by atoms with van der Waals surface area (Å²) in [5, 5.41) is 0. The van der Waals surface area contributed by atoms with Crippen LogP contribution in [-0.2, 0) is 21.8 Å². The number of hydrogen-bond acceptors (Lipinski definition) is 1. The Hall–Kier alpha value is 1.05. The molecule has 0 aromatic rings. The van der Waals surface area contributed by atoms with Crippen LogP contribution in [0.25, 0.3) is 0 Å². The Balaban J connectivity index is -0.00000000167. The fourth-order valence-electron chi connectivity index (χ4n) is 0. The van der Waals surface area contributed by atoms with Crippen LogP contribution in [-0.4, -0.2) is 23.1 Å². The van der Waals surface area contributed by atoms with Crippen molar-refractivity contribution in [1.29, 1.82) is 0 Å². The summed E-state index contributed by atoms with van der Waals surface area (Å²) in [4.78, 5) is 0. The van der Waals surface area contributed by atoms with Crippen molar-refractivity contribution in [1.82, 2.24) is 0 Å². The zero-order valence-corrected chi connectivity index (χ0v) is 6.96. The van der Waals surface area contributed by atoms with E-state index in [0.717, 1.165) is 0 Å². The number of rotatable bonds is 0. The van der Waals surface area contributed by atoms with Gasteiger partial charge in [0.05, 0.1) is 0 Å². The molecule has 0 saturated carbocycles. The van der Waals surface area contributed by atoms with Gasteiger partial charge in [0.1, 0.15) is 0 Å². The molecule has 0 N–H and O–H groups in total. The summed E-state index contributed by atoms with van der Waals surface area (Å²) < 4.78 is 8.38. The van der Waals surface area contributed by atoms with Gasteiger partial charge in [-0.3, -0.25) is 0 Å². The van der Waals surface area contributed by atoms with Crippen molar-refractivity contribution in [3.8, 4) is 0 Å². The molecule has 0 aliphatic carbocycles. The number of hydrogen-bond donors (Lipinski definition) is 0. The molecule has 0 saturated heterocycles. The van der Waals surface area contributed by atoms with Crippen LogP contribution in [0, 0.1) is 0 Å². The Kier molecular flexibility index (Phi) is 552. The second kappa shape index (κ2) is 75.2. The summed E-state index contributed by atoms with van der Waals surface area (Å²) in [6.45, 7) is 0. The normalized spacial score (nSPS) is 1.20. The molecule has 0 aliphatic heterocycles. The van der Waals surface area contributed by atoms with Gasteiger partial charge in [-0.2, -0.15) is 0 Å². The minimum atomic E-state index is 0. The van der Waals surface area contributed by atoms with Gasteiger partial charge in [-0.1, -0.05) is 0 Å². The Morgan fingerprint density at radius 3 is 1.00 bits per heavy atom. The van der Waals surface area contributed by atoms with Gasteiger partial charge in [0.2, 0.25) is 0 Å². The number of halogens is 2. The molecule has 0 spiro atoms. The second-order valence-corrected chi connectivity index (χ2v) is 0.